The van der Waals surface area contributed by atoms with Gasteiger partial charge in [0.1, 0.15) is 10.3 Å². The monoisotopic (exact) mass is 346 g/mol. The summed E-state index contributed by atoms with van der Waals surface area (Å²) in [4.78, 5) is 18.1. The van der Waals surface area contributed by atoms with Gasteiger partial charge in [0, 0.05) is 13.6 Å². The van der Waals surface area contributed by atoms with Crippen LogP contribution in [0.4, 0.5) is 0 Å². The molecule has 0 aliphatic rings. The molecule has 0 fully saturated rings. The summed E-state index contributed by atoms with van der Waals surface area (Å²) in [6, 6.07) is 15.8. The number of aryl methyl sites for hydroxylation is 1. The van der Waals surface area contributed by atoms with Crippen molar-refractivity contribution >= 4 is 21.8 Å². The van der Waals surface area contributed by atoms with Gasteiger partial charge in [-0.2, -0.15) is 0 Å². The Morgan fingerprint density at radius 3 is 2.57 bits per heavy atom. The fourth-order valence-electron chi connectivity index (χ4n) is 2.15. The summed E-state index contributed by atoms with van der Waals surface area (Å²) >= 11 is 3.29. The Balaban J connectivity index is 1.76. The van der Waals surface area contributed by atoms with Gasteiger partial charge in [-0.05, 0) is 52.9 Å². The Hall–Kier alpha value is -1.68. The molecule has 110 valence electrons. The summed E-state index contributed by atoms with van der Waals surface area (Å²) in [5.41, 5.74) is 1.83. The predicted molar refractivity (Wildman–Crippen MR) is 88.3 cm³/mol. The van der Waals surface area contributed by atoms with E-state index in [4.69, 9.17) is 0 Å². The third-order valence-corrected chi connectivity index (χ3v) is 3.77. The molecule has 0 saturated heterocycles. The smallest absolute Gasteiger partial charge is 0.272 e. The normalized spacial score (nSPS) is 10.4. The predicted octanol–water partition coefficient (Wildman–Crippen LogP) is 3.94. The highest BCUT2D eigenvalue weighted by Gasteiger charge is 2.12. The average Bonchev–Trinajstić information content (AvgIpc) is 2.51. The van der Waals surface area contributed by atoms with E-state index in [0.717, 1.165) is 25.8 Å². The first-order valence-electron chi connectivity index (χ1n) is 7.09. The molecule has 4 heteroatoms. The van der Waals surface area contributed by atoms with E-state index in [-0.39, 0.29) is 5.91 Å². The van der Waals surface area contributed by atoms with Gasteiger partial charge in [-0.1, -0.05) is 36.4 Å². The van der Waals surface area contributed by atoms with Crippen molar-refractivity contribution in [2.75, 3.05) is 13.6 Å². The minimum absolute atomic E-state index is 0.0315. The highest BCUT2D eigenvalue weighted by molar-refractivity contribution is 9.10. The van der Waals surface area contributed by atoms with Crippen molar-refractivity contribution in [3.8, 4) is 0 Å². The molecule has 0 saturated carbocycles. The Morgan fingerprint density at radius 1 is 1.10 bits per heavy atom. The van der Waals surface area contributed by atoms with Gasteiger partial charge >= 0.3 is 0 Å². The van der Waals surface area contributed by atoms with Crippen LogP contribution in [0.15, 0.2) is 53.1 Å². The first-order chi connectivity index (χ1) is 10.2. The van der Waals surface area contributed by atoms with Crippen LogP contribution in [0.25, 0.3) is 0 Å². The Labute approximate surface area is 134 Å². The van der Waals surface area contributed by atoms with Gasteiger partial charge < -0.3 is 4.90 Å². The molecule has 1 aromatic carbocycles. The number of amides is 1. The molecule has 0 N–H and O–H groups in total. The molecular weight excluding hydrogens is 328 g/mol. The van der Waals surface area contributed by atoms with Gasteiger partial charge in [-0.15, -0.1) is 0 Å². The van der Waals surface area contributed by atoms with E-state index in [0.29, 0.717) is 10.3 Å². The standard InChI is InChI=1S/C17H19BrN2O/c1-20(17(21)15-11-7-12-16(18)19-15)13-6-5-10-14-8-3-2-4-9-14/h2-4,7-9,11-12H,5-6,10,13H2,1H3. The number of rotatable bonds is 6. The minimum Gasteiger partial charge on any atom is -0.340 e. The summed E-state index contributed by atoms with van der Waals surface area (Å²) in [6.45, 7) is 0.750. The van der Waals surface area contributed by atoms with E-state index in [1.54, 1.807) is 11.0 Å². The first-order valence-corrected chi connectivity index (χ1v) is 7.88. The molecule has 21 heavy (non-hydrogen) atoms. The number of hydrogen-bond donors (Lipinski definition) is 0. The average molecular weight is 347 g/mol. The third kappa shape index (κ3) is 4.97. The molecule has 0 aliphatic heterocycles. The van der Waals surface area contributed by atoms with E-state index in [9.17, 15) is 4.79 Å². The second kappa shape index (κ2) is 7.93. The summed E-state index contributed by atoms with van der Waals surface area (Å²) in [5.74, 6) is -0.0315. The molecule has 0 radical (unpaired) electrons. The molecule has 1 aromatic heterocycles. The van der Waals surface area contributed by atoms with E-state index >= 15 is 0 Å². The van der Waals surface area contributed by atoms with Crippen LogP contribution in [-0.2, 0) is 6.42 Å². The number of aromatic nitrogens is 1. The van der Waals surface area contributed by atoms with Crippen molar-refractivity contribution in [3.63, 3.8) is 0 Å². The number of hydrogen-bond acceptors (Lipinski definition) is 2. The number of carbonyl (C=O) groups excluding carboxylic acids is 1. The van der Waals surface area contributed by atoms with Crippen LogP contribution >= 0.6 is 15.9 Å². The van der Waals surface area contributed by atoms with Crippen molar-refractivity contribution < 1.29 is 4.79 Å². The van der Waals surface area contributed by atoms with Gasteiger partial charge in [0.15, 0.2) is 0 Å². The van der Waals surface area contributed by atoms with Crippen LogP contribution in [0, 0.1) is 0 Å². The summed E-state index contributed by atoms with van der Waals surface area (Å²) in [6.07, 6.45) is 3.12. The molecule has 2 rings (SSSR count). The van der Waals surface area contributed by atoms with Crippen LogP contribution in [0.5, 0.6) is 0 Å². The zero-order valence-corrected chi connectivity index (χ0v) is 13.7. The van der Waals surface area contributed by atoms with Crippen LogP contribution in [0.3, 0.4) is 0 Å². The molecule has 3 nitrogen and oxygen atoms in total. The zero-order valence-electron chi connectivity index (χ0n) is 12.1. The summed E-state index contributed by atoms with van der Waals surface area (Å²) in [5, 5.41) is 0. The second-order valence-electron chi connectivity index (χ2n) is 5.01. The molecular formula is C17H19BrN2O. The number of halogens is 1. The highest BCUT2D eigenvalue weighted by atomic mass is 79.9. The molecule has 0 aliphatic carbocycles. The molecule has 0 atom stereocenters. The Morgan fingerprint density at radius 2 is 1.86 bits per heavy atom. The van der Waals surface area contributed by atoms with Crippen molar-refractivity contribution in [1.82, 2.24) is 9.88 Å². The lowest BCUT2D eigenvalue weighted by molar-refractivity contribution is 0.0787. The van der Waals surface area contributed by atoms with Crippen molar-refractivity contribution in [2.45, 2.75) is 19.3 Å². The Bertz CT molecular complexity index is 586. The van der Waals surface area contributed by atoms with Crippen LogP contribution in [-0.4, -0.2) is 29.4 Å². The number of unbranched alkanes of at least 4 members (excludes halogenated alkanes) is 1. The van der Waals surface area contributed by atoms with Gasteiger partial charge in [0.2, 0.25) is 0 Å². The largest absolute Gasteiger partial charge is 0.340 e. The van der Waals surface area contributed by atoms with E-state index in [1.165, 1.54) is 5.56 Å². The van der Waals surface area contributed by atoms with E-state index < -0.39 is 0 Å². The lowest BCUT2D eigenvalue weighted by Crippen LogP contribution is -2.28. The molecule has 0 bridgehead atoms. The molecule has 0 unspecified atom stereocenters. The molecule has 1 amide bonds. The fourth-order valence-corrected chi connectivity index (χ4v) is 2.49. The number of pyridine rings is 1. The van der Waals surface area contributed by atoms with Gasteiger partial charge in [-0.3, -0.25) is 4.79 Å². The summed E-state index contributed by atoms with van der Waals surface area (Å²) < 4.78 is 0.686. The lowest BCUT2D eigenvalue weighted by Gasteiger charge is -2.16. The molecule has 2 aromatic rings. The van der Waals surface area contributed by atoms with Crippen molar-refractivity contribution in [3.05, 3.63) is 64.4 Å². The van der Waals surface area contributed by atoms with Gasteiger partial charge in [-0.25, -0.2) is 4.98 Å². The number of benzene rings is 1. The van der Waals surface area contributed by atoms with Gasteiger partial charge in [0.25, 0.3) is 5.91 Å². The molecule has 0 spiro atoms. The van der Waals surface area contributed by atoms with Crippen molar-refractivity contribution in [1.29, 1.82) is 0 Å². The first kappa shape index (κ1) is 15.7. The van der Waals surface area contributed by atoms with E-state index in [2.05, 4.69) is 45.2 Å². The van der Waals surface area contributed by atoms with Crippen molar-refractivity contribution in [2.24, 2.45) is 0 Å². The van der Waals surface area contributed by atoms with Crippen LogP contribution < -0.4 is 0 Å². The SMILES string of the molecule is CN(CCCCc1ccccc1)C(=O)c1cccc(Br)n1. The zero-order chi connectivity index (χ0) is 15.1. The summed E-state index contributed by atoms with van der Waals surface area (Å²) in [7, 11) is 1.83. The minimum atomic E-state index is -0.0315. The quantitative estimate of drug-likeness (QED) is 0.586. The maximum absolute atomic E-state index is 12.2. The molecule has 1 heterocycles. The highest BCUT2D eigenvalue weighted by Crippen LogP contribution is 2.09. The van der Waals surface area contributed by atoms with Crippen LogP contribution in [0.1, 0.15) is 28.9 Å². The fraction of sp³-hybridized carbons (Fsp3) is 0.294. The Kier molecular flexibility index (Phi) is 5.93. The van der Waals surface area contributed by atoms with Gasteiger partial charge in [0.05, 0.1) is 0 Å². The number of nitrogens with zero attached hydrogens (tertiary/aromatic N) is 2. The topological polar surface area (TPSA) is 33.2 Å². The maximum Gasteiger partial charge on any atom is 0.272 e. The second-order valence-corrected chi connectivity index (χ2v) is 5.83. The van der Waals surface area contributed by atoms with Crippen LogP contribution in [0.2, 0.25) is 0 Å². The lowest BCUT2D eigenvalue weighted by atomic mass is 10.1. The van der Waals surface area contributed by atoms with E-state index in [1.807, 2.05) is 25.2 Å². The maximum atomic E-state index is 12.2. The number of carbonyl (C=O) groups is 1. The third-order valence-electron chi connectivity index (χ3n) is 3.33.